The predicted molar refractivity (Wildman–Crippen MR) is 99.7 cm³/mol. The highest BCUT2D eigenvalue weighted by atomic mass is 19.1. The summed E-state index contributed by atoms with van der Waals surface area (Å²) in [4.78, 5) is 3.62. The smallest absolute Gasteiger partial charge is 0.219 e. The summed E-state index contributed by atoms with van der Waals surface area (Å²) in [5.41, 5.74) is 1.35. The molecule has 2 aliphatic rings. The fraction of sp³-hybridized carbons (Fsp3) is 0.476. The van der Waals surface area contributed by atoms with Crippen LogP contribution in [-0.4, -0.2) is 30.7 Å². The zero-order chi connectivity index (χ0) is 18.6. The Balaban J connectivity index is 1.37. The Morgan fingerprint density at radius 3 is 2.85 bits per heavy atom. The van der Waals surface area contributed by atoms with Crippen LogP contribution in [0.25, 0.3) is 0 Å². The number of nitrogens with one attached hydrogen (secondary N) is 2. The van der Waals surface area contributed by atoms with Crippen LogP contribution in [0.5, 0.6) is 5.75 Å². The van der Waals surface area contributed by atoms with Crippen LogP contribution in [0.4, 0.5) is 8.78 Å². The van der Waals surface area contributed by atoms with Crippen LogP contribution >= 0.6 is 0 Å². The van der Waals surface area contributed by atoms with Gasteiger partial charge in [0.1, 0.15) is 18.2 Å². The summed E-state index contributed by atoms with van der Waals surface area (Å²) in [6.45, 7) is 3.26. The molecule has 2 unspecified atom stereocenters. The first-order valence-electron chi connectivity index (χ1n) is 9.66. The second-order valence-corrected chi connectivity index (χ2v) is 7.47. The Labute approximate surface area is 158 Å². The van der Waals surface area contributed by atoms with Crippen molar-refractivity contribution in [1.82, 2.24) is 15.6 Å². The van der Waals surface area contributed by atoms with Crippen LogP contribution in [0, 0.1) is 17.7 Å². The number of nitrogens with zero attached hydrogens (tertiary/aromatic N) is 1. The van der Waals surface area contributed by atoms with Gasteiger partial charge in [-0.25, -0.2) is 9.37 Å². The SMILES string of the molecule is Fc1ccc(C2CC2NCC2CCNCC2)c(OCc2cccnc2F)c1. The third-order valence-electron chi connectivity index (χ3n) is 5.51. The summed E-state index contributed by atoms with van der Waals surface area (Å²) in [7, 11) is 0. The molecule has 1 aliphatic heterocycles. The van der Waals surface area contributed by atoms with Crippen molar-refractivity contribution < 1.29 is 13.5 Å². The molecule has 1 saturated carbocycles. The van der Waals surface area contributed by atoms with Crippen LogP contribution in [0.2, 0.25) is 0 Å². The van der Waals surface area contributed by atoms with E-state index in [1.807, 2.05) is 0 Å². The highest BCUT2D eigenvalue weighted by Gasteiger charge is 2.40. The molecule has 1 aromatic heterocycles. The first-order valence-corrected chi connectivity index (χ1v) is 9.66. The molecule has 0 amide bonds. The van der Waals surface area contributed by atoms with Crippen molar-refractivity contribution in [2.24, 2.45) is 5.92 Å². The van der Waals surface area contributed by atoms with Gasteiger partial charge in [-0.05, 0) is 68.6 Å². The van der Waals surface area contributed by atoms with Crippen LogP contribution in [0.1, 0.15) is 36.3 Å². The Kier molecular flexibility index (Phi) is 5.64. The predicted octanol–water partition coefficient (Wildman–Crippen LogP) is 3.38. The first-order chi connectivity index (χ1) is 13.2. The van der Waals surface area contributed by atoms with Gasteiger partial charge >= 0.3 is 0 Å². The molecule has 2 atom stereocenters. The highest BCUT2D eigenvalue weighted by molar-refractivity contribution is 5.41. The van der Waals surface area contributed by atoms with Crippen LogP contribution < -0.4 is 15.4 Å². The quantitative estimate of drug-likeness (QED) is 0.731. The molecule has 4 rings (SSSR count). The van der Waals surface area contributed by atoms with Gasteiger partial charge in [0, 0.05) is 29.8 Å². The second-order valence-electron chi connectivity index (χ2n) is 7.47. The molecule has 27 heavy (non-hydrogen) atoms. The van der Waals surface area contributed by atoms with E-state index in [1.54, 1.807) is 18.2 Å². The summed E-state index contributed by atoms with van der Waals surface area (Å²) in [5.74, 6) is 0.643. The van der Waals surface area contributed by atoms with Crippen molar-refractivity contribution in [3.05, 3.63) is 59.4 Å². The topological polar surface area (TPSA) is 46.2 Å². The number of benzene rings is 1. The third-order valence-corrected chi connectivity index (χ3v) is 5.51. The summed E-state index contributed by atoms with van der Waals surface area (Å²) in [6, 6.07) is 8.35. The number of aromatic nitrogens is 1. The summed E-state index contributed by atoms with van der Waals surface area (Å²) in [6.07, 6.45) is 4.85. The van der Waals surface area contributed by atoms with Gasteiger partial charge < -0.3 is 15.4 Å². The number of hydrogen-bond donors (Lipinski definition) is 2. The minimum Gasteiger partial charge on any atom is -0.488 e. The Morgan fingerprint density at radius 1 is 1.19 bits per heavy atom. The number of halogens is 2. The molecule has 6 heteroatoms. The maximum atomic E-state index is 13.7. The van der Waals surface area contributed by atoms with Crippen molar-refractivity contribution in [3.8, 4) is 5.75 Å². The largest absolute Gasteiger partial charge is 0.488 e. The van der Waals surface area contributed by atoms with Gasteiger partial charge in [0.05, 0.1) is 0 Å². The minimum absolute atomic E-state index is 0.0377. The van der Waals surface area contributed by atoms with E-state index in [0.717, 1.165) is 37.5 Å². The molecule has 1 saturated heterocycles. The monoisotopic (exact) mass is 373 g/mol. The van der Waals surface area contributed by atoms with Gasteiger partial charge in [-0.15, -0.1) is 0 Å². The van der Waals surface area contributed by atoms with Gasteiger partial charge in [0.15, 0.2) is 0 Å². The highest BCUT2D eigenvalue weighted by Crippen LogP contribution is 2.45. The number of piperidine rings is 1. The van der Waals surface area contributed by atoms with Crippen molar-refractivity contribution in [2.75, 3.05) is 19.6 Å². The molecule has 2 N–H and O–H groups in total. The number of hydrogen-bond acceptors (Lipinski definition) is 4. The van der Waals surface area contributed by atoms with E-state index >= 15 is 0 Å². The molecule has 2 aromatic rings. The van der Waals surface area contributed by atoms with Gasteiger partial charge in [0.2, 0.25) is 5.95 Å². The average molecular weight is 373 g/mol. The molecular weight excluding hydrogens is 348 g/mol. The maximum absolute atomic E-state index is 13.7. The Hall–Kier alpha value is -2.05. The summed E-state index contributed by atoms with van der Waals surface area (Å²) < 4.78 is 33.2. The van der Waals surface area contributed by atoms with Gasteiger partial charge in [0.25, 0.3) is 0 Å². The molecular formula is C21H25F2N3O. The van der Waals surface area contributed by atoms with E-state index < -0.39 is 5.95 Å². The maximum Gasteiger partial charge on any atom is 0.219 e. The molecule has 144 valence electrons. The van der Waals surface area contributed by atoms with E-state index in [1.165, 1.54) is 31.2 Å². The number of rotatable bonds is 7. The summed E-state index contributed by atoms with van der Waals surface area (Å²) in [5, 5.41) is 7.04. The molecule has 0 spiro atoms. The van der Waals surface area contributed by atoms with Gasteiger partial charge in [-0.2, -0.15) is 4.39 Å². The van der Waals surface area contributed by atoms with Crippen LogP contribution in [0.3, 0.4) is 0 Å². The lowest BCUT2D eigenvalue weighted by Crippen LogP contribution is -2.34. The van der Waals surface area contributed by atoms with Gasteiger partial charge in [-0.3, -0.25) is 0 Å². The lowest BCUT2D eigenvalue weighted by atomic mass is 9.98. The fourth-order valence-electron chi connectivity index (χ4n) is 3.79. The van der Waals surface area contributed by atoms with E-state index in [2.05, 4.69) is 15.6 Å². The Bertz CT molecular complexity index is 780. The molecule has 2 fully saturated rings. The molecule has 0 bridgehead atoms. The van der Waals surface area contributed by atoms with Crippen LogP contribution in [0.15, 0.2) is 36.5 Å². The molecule has 1 aromatic carbocycles. The second kappa shape index (κ2) is 8.31. The molecule has 4 nitrogen and oxygen atoms in total. The van der Waals surface area contributed by atoms with Crippen LogP contribution in [-0.2, 0) is 6.61 Å². The zero-order valence-electron chi connectivity index (χ0n) is 15.3. The Morgan fingerprint density at radius 2 is 2.04 bits per heavy atom. The standard InChI is InChI=1S/C21H25F2N3O/c22-16-3-4-17(18-11-19(18)26-12-14-5-8-24-9-6-14)20(10-16)27-13-15-2-1-7-25-21(15)23/h1-4,7,10,14,18-19,24,26H,5-6,8-9,11-13H2. The van der Waals surface area contributed by atoms with Crippen molar-refractivity contribution in [1.29, 1.82) is 0 Å². The minimum atomic E-state index is -0.552. The van der Waals surface area contributed by atoms with Crippen molar-refractivity contribution in [2.45, 2.75) is 37.8 Å². The normalized spacial score (nSPS) is 22.6. The number of pyridine rings is 1. The van der Waals surface area contributed by atoms with Gasteiger partial charge in [-0.1, -0.05) is 6.07 Å². The van der Waals surface area contributed by atoms with E-state index in [-0.39, 0.29) is 12.4 Å². The lowest BCUT2D eigenvalue weighted by Gasteiger charge is -2.23. The molecule has 2 heterocycles. The molecule has 1 aliphatic carbocycles. The first kappa shape index (κ1) is 18.3. The molecule has 0 radical (unpaired) electrons. The third kappa shape index (κ3) is 4.62. The lowest BCUT2D eigenvalue weighted by molar-refractivity contribution is 0.293. The average Bonchev–Trinajstić information content (AvgIpc) is 3.46. The number of ether oxygens (including phenoxy) is 1. The van der Waals surface area contributed by atoms with E-state index in [4.69, 9.17) is 4.74 Å². The van der Waals surface area contributed by atoms with Crippen molar-refractivity contribution in [3.63, 3.8) is 0 Å². The zero-order valence-corrected chi connectivity index (χ0v) is 15.3. The van der Waals surface area contributed by atoms with Crippen molar-refractivity contribution >= 4 is 0 Å². The summed E-state index contributed by atoms with van der Waals surface area (Å²) >= 11 is 0. The van der Waals surface area contributed by atoms with E-state index in [9.17, 15) is 8.78 Å². The van der Waals surface area contributed by atoms with E-state index in [0.29, 0.717) is 23.3 Å². The fourth-order valence-corrected chi connectivity index (χ4v) is 3.79.